The molecule has 4 heteroatoms. The molecule has 1 aromatic carbocycles. The van der Waals surface area contributed by atoms with Crippen LogP contribution in [-0.4, -0.2) is 31.4 Å². The number of Topliss-reactive ketones (excluding diaryl/α,β-unsaturated/α-hetero) is 1. The maximum Gasteiger partial charge on any atom is 0.167 e. The first kappa shape index (κ1) is 13.1. The number of carbonyl (C=O) groups is 1. The van der Waals surface area contributed by atoms with Crippen LogP contribution in [0, 0.1) is 0 Å². The summed E-state index contributed by atoms with van der Waals surface area (Å²) in [7, 11) is 0. The van der Waals surface area contributed by atoms with Crippen LogP contribution in [0.4, 0.5) is 0 Å². The standard InChI is InChI=1S/C14H18O4/c1-10(2)18-12-5-3-11(4-6-12)13(15)9-14-16-7-8-17-14/h3-6,10,14H,7-9H2,1-2H3. The van der Waals surface area contributed by atoms with Gasteiger partial charge in [-0.05, 0) is 38.1 Å². The van der Waals surface area contributed by atoms with Crippen LogP contribution in [-0.2, 0) is 9.47 Å². The van der Waals surface area contributed by atoms with Crippen LogP contribution >= 0.6 is 0 Å². The van der Waals surface area contributed by atoms with Crippen LogP contribution < -0.4 is 4.74 Å². The van der Waals surface area contributed by atoms with Crippen molar-refractivity contribution >= 4 is 5.78 Å². The van der Waals surface area contributed by atoms with Gasteiger partial charge >= 0.3 is 0 Å². The van der Waals surface area contributed by atoms with Crippen molar-refractivity contribution in [3.63, 3.8) is 0 Å². The van der Waals surface area contributed by atoms with Crippen LogP contribution in [0.15, 0.2) is 24.3 Å². The van der Waals surface area contributed by atoms with Gasteiger partial charge in [-0.3, -0.25) is 4.79 Å². The normalized spacial score (nSPS) is 16.2. The van der Waals surface area contributed by atoms with E-state index in [0.29, 0.717) is 18.8 Å². The van der Waals surface area contributed by atoms with Gasteiger partial charge in [0.1, 0.15) is 5.75 Å². The molecular formula is C14H18O4. The van der Waals surface area contributed by atoms with Crippen molar-refractivity contribution in [1.29, 1.82) is 0 Å². The Morgan fingerprint density at radius 1 is 1.28 bits per heavy atom. The molecule has 0 spiro atoms. The van der Waals surface area contributed by atoms with E-state index in [1.54, 1.807) is 12.1 Å². The van der Waals surface area contributed by atoms with E-state index in [9.17, 15) is 4.79 Å². The van der Waals surface area contributed by atoms with Gasteiger partial charge in [0.25, 0.3) is 0 Å². The summed E-state index contributed by atoms with van der Waals surface area (Å²) in [6.45, 7) is 5.07. The molecule has 1 aromatic rings. The van der Waals surface area contributed by atoms with E-state index in [2.05, 4.69) is 0 Å². The summed E-state index contributed by atoms with van der Waals surface area (Å²) in [5.74, 6) is 0.799. The maximum atomic E-state index is 11.9. The molecule has 2 rings (SSSR count). The van der Waals surface area contributed by atoms with Crippen molar-refractivity contribution in [2.24, 2.45) is 0 Å². The lowest BCUT2D eigenvalue weighted by atomic mass is 10.1. The SMILES string of the molecule is CC(C)Oc1ccc(C(=O)CC2OCCO2)cc1. The van der Waals surface area contributed by atoms with Gasteiger partial charge in [0.15, 0.2) is 12.1 Å². The Balaban J connectivity index is 1.93. The summed E-state index contributed by atoms with van der Waals surface area (Å²) in [6.07, 6.45) is 0.0145. The lowest BCUT2D eigenvalue weighted by Crippen LogP contribution is -2.14. The number of ketones is 1. The minimum atomic E-state index is -0.385. The molecular weight excluding hydrogens is 232 g/mol. The molecule has 0 aliphatic carbocycles. The van der Waals surface area contributed by atoms with Gasteiger partial charge in [0.2, 0.25) is 0 Å². The highest BCUT2D eigenvalue weighted by Crippen LogP contribution is 2.17. The number of rotatable bonds is 5. The molecule has 0 radical (unpaired) electrons. The summed E-state index contributed by atoms with van der Waals surface area (Å²) >= 11 is 0. The van der Waals surface area contributed by atoms with Gasteiger partial charge in [-0.1, -0.05) is 0 Å². The van der Waals surface area contributed by atoms with Crippen molar-refractivity contribution in [3.05, 3.63) is 29.8 Å². The second kappa shape index (κ2) is 5.98. The van der Waals surface area contributed by atoms with Crippen molar-refractivity contribution in [2.75, 3.05) is 13.2 Å². The second-order valence-corrected chi connectivity index (χ2v) is 4.49. The predicted octanol–water partition coefficient (Wildman–Crippen LogP) is 2.42. The molecule has 0 unspecified atom stereocenters. The fraction of sp³-hybridized carbons (Fsp3) is 0.500. The van der Waals surface area contributed by atoms with Gasteiger partial charge in [-0.15, -0.1) is 0 Å². The molecule has 4 nitrogen and oxygen atoms in total. The Kier molecular flexibility index (Phi) is 4.33. The average molecular weight is 250 g/mol. The molecule has 0 aromatic heterocycles. The van der Waals surface area contributed by atoms with Crippen molar-refractivity contribution in [2.45, 2.75) is 32.7 Å². The van der Waals surface area contributed by atoms with Gasteiger partial charge in [0, 0.05) is 5.56 Å². The molecule has 0 N–H and O–H groups in total. The van der Waals surface area contributed by atoms with Gasteiger partial charge in [-0.25, -0.2) is 0 Å². The third-order valence-electron chi connectivity index (χ3n) is 2.59. The van der Waals surface area contributed by atoms with Gasteiger partial charge in [-0.2, -0.15) is 0 Å². The summed E-state index contributed by atoms with van der Waals surface area (Å²) in [5, 5.41) is 0. The van der Waals surface area contributed by atoms with Crippen LogP contribution in [0.25, 0.3) is 0 Å². The van der Waals surface area contributed by atoms with Crippen molar-refractivity contribution in [1.82, 2.24) is 0 Å². The first-order chi connectivity index (χ1) is 8.65. The highest BCUT2D eigenvalue weighted by Gasteiger charge is 2.20. The van der Waals surface area contributed by atoms with Crippen LogP contribution in [0.5, 0.6) is 5.75 Å². The number of benzene rings is 1. The second-order valence-electron chi connectivity index (χ2n) is 4.49. The average Bonchev–Trinajstić information content (AvgIpc) is 2.82. The molecule has 1 heterocycles. The Morgan fingerprint density at radius 2 is 1.89 bits per heavy atom. The summed E-state index contributed by atoms with van der Waals surface area (Å²) < 4.78 is 16.0. The van der Waals surface area contributed by atoms with E-state index in [1.807, 2.05) is 26.0 Å². The molecule has 1 fully saturated rings. The summed E-state index contributed by atoms with van der Waals surface area (Å²) in [6, 6.07) is 7.16. The maximum absolute atomic E-state index is 11.9. The third kappa shape index (κ3) is 3.55. The summed E-state index contributed by atoms with van der Waals surface area (Å²) in [5.41, 5.74) is 0.658. The first-order valence-electron chi connectivity index (χ1n) is 6.18. The molecule has 1 aliphatic rings. The molecule has 0 bridgehead atoms. The minimum absolute atomic E-state index is 0.0259. The Bertz CT molecular complexity index is 391. The monoisotopic (exact) mass is 250 g/mol. The Hall–Kier alpha value is -1.39. The quantitative estimate of drug-likeness (QED) is 0.753. The fourth-order valence-corrected chi connectivity index (χ4v) is 1.79. The van der Waals surface area contributed by atoms with E-state index in [-0.39, 0.29) is 24.6 Å². The number of ether oxygens (including phenoxy) is 3. The van der Waals surface area contributed by atoms with Crippen molar-refractivity contribution in [3.8, 4) is 5.75 Å². The molecule has 0 amide bonds. The fourth-order valence-electron chi connectivity index (χ4n) is 1.79. The topological polar surface area (TPSA) is 44.8 Å². The van der Waals surface area contributed by atoms with E-state index >= 15 is 0 Å². The number of hydrogen-bond donors (Lipinski definition) is 0. The van der Waals surface area contributed by atoms with E-state index in [1.165, 1.54) is 0 Å². The molecule has 0 saturated carbocycles. The highest BCUT2D eigenvalue weighted by molar-refractivity contribution is 5.96. The predicted molar refractivity (Wildman–Crippen MR) is 66.8 cm³/mol. The highest BCUT2D eigenvalue weighted by atomic mass is 16.7. The molecule has 0 atom stereocenters. The zero-order chi connectivity index (χ0) is 13.0. The first-order valence-corrected chi connectivity index (χ1v) is 6.18. The smallest absolute Gasteiger partial charge is 0.167 e. The lowest BCUT2D eigenvalue weighted by molar-refractivity contribution is -0.0407. The third-order valence-corrected chi connectivity index (χ3v) is 2.59. The summed E-state index contributed by atoms with van der Waals surface area (Å²) in [4.78, 5) is 11.9. The van der Waals surface area contributed by atoms with E-state index in [0.717, 1.165) is 5.75 Å². The van der Waals surface area contributed by atoms with Crippen LogP contribution in [0.1, 0.15) is 30.6 Å². The van der Waals surface area contributed by atoms with Gasteiger partial charge in [0.05, 0.1) is 25.7 Å². The van der Waals surface area contributed by atoms with Crippen molar-refractivity contribution < 1.29 is 19.0 Å². The Labute approximate surface area is 107 Å². The van der Waals surface area contributed by atoms with Crippen LogP contribution in [0.2, 0.25) is 0 Å². The van der Waals surface area contributed by atoms with E-state index in [4.69, 9.17) is 14.2 Å². The lowest BCUT2D eigenvalue weighted by Gasteiger charge is -2.10. The zero-order valence-electron chi connectivity index (χ0n) is 10.7. The van der Waals surface area contributed by atoms with Gasteiger partial charge < -0.3 is 14.2 Å². The molecule has 1 saturated heterocycles. The number of carbonyl (C=O) groups excluding carboxylic acids is 1. The molecule has 1 aliphatic heterocycles. The van der Waals surface area contributed by atoms with Crippen LogP contribution in [0.3, 0.4) is 0 Å². The number of hydrogen-bond acceptors (Lipinski definition) is 4. The Morgan fingerprint density at radius 3 is 2.44 bits per heavy atom. The minimum Gasteiger partial charge on any atom is -0.491 e. The van der Waals surface area contributed by atoms with E-state index < -0.39 is 0 Å². The zero-order valence-corrected chi connectivity index (χ0v) is 10.7. The molecule has 18 heavy (non-hydrogen) atoms. The largest absolute Gasteiger partial charge is 0.491 e. The molecule has 98 valence electrons.